The predicted molar refractivity (Wildman–Crippen MR) is 58.8 cm³/mol. The molecular formula is C12H18O4. The molecule has 0 radical (unpaired) electrons. The highest BCUT2D eigenvalue weighted by atomic mass is 16.8. The van der Waals surface area contributed by atoms with Crippen LogP contribution in [0.4, 0.5) is 0 Å². The molecule has 2 fully saturated rings. The number of ether oxygens (including phenoxy) is 4. The molecule has 2 aliphatic rings. The van der Waals surface area contributed by atoms with Crippen LogP contribution in [0.25, 0.3) is 0 Å². The van der Waals surface area contributed by atoms with E-state index in [4.69, 9.17) is 18.9 Å². The maximum atomic E-state index is 5.80. The van der Waals surface area contributed by atoms with Crippen LogP contribution in [0.1, 0.15) is 13.8 Å². The summed E-state index contributed by atoms with van der Waals surface area (Å²) in [5.74, 6) is -0.602. The second-order valence-corrected chi connectivity index (χ2v) is 4.50. The van der Waals surface area contributed by atoms with Crippen molar-refractivity contribution in [3.05, 3.63) is 24.8 Å². The van der Waals surface area contributed by atoms with Crippen molar-refractivity contribution in [2.45, 2.75) is 44.2 Å². The van der Waals surface area contributed by atoms with Crippen molar-refractivity contribution in [1.82, 2.24) is 0 Å². The molecule has 2 aliphatic heterocycles. The smallest absolute Gasteiger partial charge is 0.187 e. The zero-order chi connectivity index (χ0) is 11.9. The minimum atomic E-state index is -0.602. The van der Waals surface area contributed by atoms with E-state index in [1.54, 1.807) is 13.2 Å². The third-order valence-electron chi connectivity index (χ3n) is 2.87. The summed E-state index contributed by atoms with van der Waals surface area (Å²) in [7, 11) is 1.59. The molecule has 4 atom stereocenters. The van der Waals surface area contributed by atoms with Gasteiger partial charge in [0, 0.05) is 7.11 Å². The van der Waals surface area contributed by atoms with Gasteiger partial charge in [-0.15, -0.1) is 0 Å². The molecule has 0 saturated carbocycles. The van der Waals surface area contributed by atoms with Gasteiger partial charge in [0.15, 0.2) is 12.1 Å². The molecule has 0 amide bonds. The van der Waals surface area contributed by atoms with Gasteiger partial charge in [-0.25, -0.2) is 0 Å². The normalized spacial score (nSPS) is 40.7. The predicted octanol–water partition coefficient (Wildman–Crippen LogP) is 1.62. The molecular weight excluding hydrogens is 208 g/mol. The molecule has 4 heteroatoms. The van der Waals surface area contributed by atoms with Crippen LogP contribution in [-0.4, -0.2) is 37.5 Å². The van der Waals surface area contributed by atoms with E-state index in [1.165, 1.54) is 0 Å². The van der Waals surface area contributed by atoms with E-state index in [1.807, 2.05) is 13.8 Å². The molecule has 0 aromatic heterocycles. The largest absolute Gasteiger partial charge is 0.353 e. The quantitative estimate of drug-likeness (QED) is 0.685. The first-order valence-corrected chi connectivity index (χ1v) is 5.33. The van der Waals surface area contributed by atoms with E-state index in [0.717, 1.165) is 5.57 Å². The van der Waals surface area contributed by atoms with Crippen LogP contribution in [0.5, 0.6) is 0 Å². The van der Waals surface area contributed by atoms with Gasteiger partial charge in [0.05, 0.1) is 0 Å². The third-order valence-corrected chi connectivity index (χ3v) is 2.87. The first-order valence-electron chi connectivity index (χ1n) is 5.33. The Morgan fingerprint density at radius 3 is 2.50 bits per heavy atom. The fourth-order valence-electron chi connectivity index (χ4n) is 2.17. The first-order chi connectivity index (χ1) is 7.48. The fraction of sp³-hybridized carbons (Fsp3) is 0.667. The Kier molecular flexibility index (Phi) is 2.92. The lowest BCUT2D eigenvalue weighted by atomic mass is 10.0. The molecule has 0 spiro atoms. The van der Waals surface area contributed by atoms with Crippen molar-refractivity contribution in [3.63, 3.8) is 0 Å². The van der Waals surface area contributed by atoms with Crippen molar-refractivity contribution in [2.75, 3.05) is 7.11 Å². The van der Waals surface area contributed by atoms with Crippen LogP contribution < -0.4 is 0 Å². The minimum absolute atomic E-state index is 0.176. The Bertz CT molecular complexity index is 310. The summed E-state index contributed by atoms with van der Waals surface area (Å²) in [6.45, 7) is 11.3. The molecule has 2 saturated heterocycles. The van der Waals surface area contributed by atoms with E-state index < -0.39 is 12.1 Å². The topological polar surface area (TPSA) is 36.9 Å². The molecule has 0 bridgehead atoms. The average Bonchev–Trinajstić information content (AvgIpc) is 2.69. The Morgan fingerprint density at radius 1 is 1.31 bits per heavy atom. The van der Waals surface area contributed by atoms with Crippen molar-refractivity contribution < 1.29 is 18.9 Å². The molecule has 90 valence electrons. The Balaban J connectivity index is 2.20. The van der Waals surface area contributed by atoms with Gasteiger partial charge in [-0.1, -0.05) is 19.2 Å². The van der Waals surface area contributed by atoms with Gasteiger partial charge in [0.2, 0.25) is 0 Å². The minimum Gasteiger partial charge on any atom is -0.353 e. The zero-order valence-electron chi connectivity index (χ0n) is 9.93. The van der Waals surface area contributed by atoms with Gasteiger partial charge in [-0.3, -0.25) is 0 Å². The maximum absolute atomic E-state index is 5.80. The van der Waals surface area contributed by atoms with Gasteiger partial charge >= 0.3 is 0 Å². The van der Waals surface area contributed by atoms with E-state index in [2.05, 4.69) is 13.2 Å². The van der Waals surface area contributed by atoms with Crippen molar-refractivity contribution >= 4 is 0 Å². The summed E-state index contributed by atoms with van der Waals surface area (Å²) in [6.07, 6.45) is 0.642. The van der Waals surface area contributed by atoms with Crippen LogP contribution in [0.15, 0.2) is 24.8 Å². The summed E-state index contributed by atoms with van der Waals surface area (Å²) in [6, 6.07) is 0. The molecule has 0 aromatic carbocycles. The SMILES string of the molecule is C=CC(=C)[C@H]1O[C@@H](OC)[C@@H]2OC(C)(C)O[C@@H]21. The van der Waals surface area contributed by atoms with Gasteiger partial charge in [-0.2, -0.15) is 0 Å². The van der Waals surface area contributed by atoms with Crippen LogP contribution >= 0.6 is 0 Å². The standard InChI is InChI=1S/C12H18O4/c1-6-7(2)8-9-10(11(13-5)14-8)16-12(3,4)15-9/h6,8-11H,1-2H2,3-5H3/t8-,9-,10-,11-/m1/s1. The summed E-state index contributed by atoms with van der Waals surface area (Å²) in [4.78, 5) is 0. The number of rotatable bonds is 3. The molecule has 16 heavy (non-hydrogen) atoms. The molecule has 0 aromatic rings. The molecule has 0 N–H and O–H groups in total. The molecule has 2 rings (SSSR count). The van der Waals surface area contributed by atoms with Gasteiger partial charge in [0.1, 0.15) is 18.3 Å². The summed E-state index contributed by atoms with van der Waals surface area (Å²) in [5.41, 5.74) is 0.788. The lowest BCUT2D eigenvalue weighted by molar-refractivity contribution is -0.222. The third kappa shape index (κ3) is 1.82. The number of methoxy groups -OCH3 is 1. The highest BCUT2D eigenvalue weighted by Gasteiger charge is 2.55. The van der Waals surface area contributed by atoms with Crippen molar-refractivity contribution in [3.8, 4) is 0 Å². The number of hydrogen-bond donors (Lipinski definition) is 0. The lowest BCUT2D eigenvalue weighted by Crippen LogP contribution is -2.30. The van der Waals surface area contributed by atoms with Gasteiger partial charge in [-0.05, 0) is 19.4 Å². The Morgan fingerprint density at radius 2 is 1.94 bits per heavy atom. The highest BCUT2D eigenvalue weighted by Crippen LogP contribution is 2.40. The fourth-order valence-corrected chi connectivity index (χ4v) is 2.17. The monoisotopic (exact) mass is 226 g/mol. The summed E-state index contributed by atoms with van der Waals surface area (Å²) >= 11 is 0. The molecule has 0 aliphatic carbocycles. The van der Waals surface area contributed by atoms with Gasteiger partial charge < -0.3 is 18.9 Å². The second-order valence-electron chi connectivity index (χ2n) is 4.50. The lowest BCUT2D eigenvalue weighted by Gasteiger charge is -2.23. The molecule has 2 heterocycles. The van der Waals surface area contributed by atoms with E-state index in [0.29, 0.717) is 0 Å². The van der Waals surface area contributed by atoms with Gasteiger partial charge in [0.25, 0.3) is 0 Å². The van der Waals surface area contributed by atoms with Crippen LogP contribution in [0.2, 0.25) is 0 Å². The van der Waals surface area contributed by atoms with Crippen LogP contribution in [0, 0.1) is 0 Å². The summed E-state index contributed by atoms with van der Waals surface area (Å²) in [5, 5.41) is 0. The molecule has 0 unspecified atom stereocenters. The number of hydrogen-bond acceptors (Lipinski definition) is 4. The van der Waals surface area contributed by atoms with Crippen LogP contribution in [0.3, 0.4) is 0 Å². The van der Waals surface area contributed by atoms with E-state index in [-0.39, 0.29) is 18.3 Å². The summed E-state index contributed by atoms with van der Waals surface area (Å²) < 4.78 is 22.5. The second kappa shape index (κ2) is 3.96. The van der Waals surface area contributed by atoms with Crippen molar-refractivity contribution in [2.24, 2.45) is 0 Å². The number of fused-ring (bicyclic) bond motifs is 1. The van der Waals surface area contributed by atoms with E-state index in [9.17, 15) is 0 Å². The van der Waals surface area contributed by atoms with Crippen LogP contribution in [-0.2, 0) is 18.9 Å². The van der Waals surface area contributed by atoms with E-state index >= 15 is 0 Å². The Labute approximate surface area is 95.8 Å². The zero-order valence-corrected chi connectivity index (χ0v) is 9.93. The Hall–Kier alpha value is -0.680. The average molecular weight is 226 g/mol. The maximum Gasteiger partial charge on any atom is 0.187 e. The first kappa shape index (κ1) is 11.8. The highest BCUT2D eigenvalue weighted by molar-refractivity contribution is 5.22. The molecule has 4 nitrogen and oxygen atoms in total. The van der Waals surface area contributed by atoms with Crippen molar-refractivity contribution in [1.29, 1.82) is 0 Å².